The van der Waals surface area contributed by atoms with Gasteiger partial charge in [0.1, 0.15) is 5.70 Å². The molecule has 0 aliphatic carbocycles. The summed E-state index contributed by atoms with van der Waals surface area (Å²) in [6.07, 6.45) is 0.885. The number of aryl methyl sites for hydroxylation is 3. The highest BCUT2D eigenvalue weighted by Crippen LogP contribution is 2.35. The Morgan fingerprint density at radius 3 is 2.19 bits per heavy atom. The summed E-state index contributed by atoms with van der Waals surface area (Å²) in [6, 6.07) is 20.4. The van der Waals surface area contributed by atoms with E-state index in [1.165, 1.54) is 4.90 Å². The number of hydrogen-bond acceptors (Lipinski definition) is 3. The van der Waals surface area contributed by atoms with Gasteiger partial charge in [-0.15, -0.1) is 0 Å². The smallest absolute Gasteiger partial charge is 0.282 e. The fourth-order valence-electron chi connectivity index (χ4n) is 3.65. The molecular weight excluding hydrogens is 408 g/mol. The SMILES string of the molecule is CCc1ccc(N2C(=O)C(Nc3cc(C)ccc3C)=C(c3ccc(Cl)cc3)C2=O)cc1. The van der Waals surface area contributed by atoms with E-state index in [1.54, 1.807) is 24.3 Å². The van der Waals surface area contributed by atoms with Crippen LogP contribution in [0.3, 0.4) is 0 Å². The Labute approximate surface area is 187 Å². The summed E-state index contributed by atoms with van der Waals surface area (Å²) in [5.41, 5.74) is 5.78. The van der Waals surface area contributed by atoms with Crippen molar-refractivity contribution in [1.82, 2.24) is 0 Å². The standard InChI is InChI=1S/C26H23ClN2O2/c1-4-18-7-13-21(14-8-18)29-25(30)23(19-9-11-20(27)12-10-19)24(26(29)31)28-22-15-16(2)5-6-17(22)3/h5-15,28H,4H2,1-3H3. The van der Waals surface area contributed by atoms with Crippen molar-refractivity contribution in [3.05, 3.63) is 99.7 Å². The van der Waals surface area contributed by atoms with E-state index in [0.29, 0.717) is 21.8 Å². The Kier molecular flexibility index (Phi) is 5.66. The number of nitrogens with one attached hydrogen (secondary N) is 1. The van der Waals surface area contributed by atoms with Gasteiger partial charge < -0.3 is 5.32 Å². The van der Waals surface area contributed by atoms with Crippen LogP contribution in [0.1, 0.15) is 29.2 Å². The van der Waals surface area contributed by atoms with Gasteiger partial charge in [0.25, 0.3) is 11.8 Å². The van der Waals surface area contributed by atoms with Crippen LogP contribution in [-0.2, 0) is 16.0 Å². The second-order valence-electron chi connectivity index (χ2n) is 7.67. The van der Waals surface area contributed by atoms with Crippen molar-refractivity contribution in [2.24, 2.45) is 0 Å². The first kappa shape index (κ1) is 20.9. The van der Waals surface area contributed by atoms with Crippen LogP contribution in [0.15, 0.2) is 72.4 Å². The van der Waals surface area contributed by atoms with E-state index in [2.05, 4.69) is 12.2 Å². The molecule has 5 heteroatoms. The monoisotopic (exact) mass is 430 g/mol. The predicted molar refractivity (Wildman–Crippen MR) is 126 cm³/mol. The van der Waals surface area contributed by atoms with Gasteiger partial charge in [0.15, 0.2) is 0 Å². The van der Waals surface area contributed by atoms with E-state index in [9.17, 15) is 9.59 Å². The molecule has 0 saturated carbocycles. The highest BCUT2D eigenvalue weighted by Gasteiger charge is 2.40. The van der Waals surface area contributed by atoms with Crippen molar-refractivity contribution in [2.75, 3.05) is 10.2 Å². The molecule has 0 aromatic heterocycles. The number of hydrogen-bond donors (Lipinski definition) is 1. The van der Waals surface area contributed by atoms with Gasteiger partial charge in [0, 0.05) is 10.7 Å². The van der Waals surface area contributed by atoms with Gasteiger partial charge in [0.2, 0.25) is 0 Å². The molecule has 0 atom stereocenters. The number of rotatable bonds is 5. The summed E-state index contributed by atoms with van der Waals surface area (Å²) in [5.74, 6) is -0.732. The highest BCUT2D eigenvalue weighted by molar-refractivity contribution is 6.46. The molecular formula is C26H23ClN2O2. The van der Waals surface area contributed by atoms with E-state index >= 15 is 0 Å². The van der Waals surface area contributed by atoms with Crippen LogP contribution < -0.4 is 10.2 Å². The molecule has 2 amide bonds. The fourth-order valence-corrected chi connectivity index (χ4v) is 3.78. The molecule has 156 valence electrons. The van der Waals surface area contributed by atoms with Crippen molar-refractivity contribution in [2.45, 2.75) is 27.2 Å². The van der Waals surface area contributed by atoms with Crippen LogP contribution >= 0.6 is 11.6 Å². The van der Waals surface area contributed by atoms with Crippen molar-refractivity contribution in [1.29, 1.82) is 0 Å². The predicted octanol–water partition coefficient (Wildman–Crippen LogP) is 5.92. The Morgan fingerprint density at radius 1 is 0.871 bits per heavy atom. The van der Waals surface area contributed by atoms with Gasteiger partial charge in [-0.05, 0) is 72.9 Å². The topological polar surface area (TPSA) is 49.4 Å². The Morgan fingerprint density at radius 2 is 1.55 bits per heavy atom. The lowest BCUT2D eigenvalue weighted by atomic mass is 10.0. The maximum absolute atomic E-state index is 13.5. The molecule has 1 aliphatic heterocycles. The molecule has 1 N–H and O–H groups in total. The van der Waals surface area contributed by atoms with Crippen molar-refractivity contribution < 1.29 is 9.59 Å². The molecule has 4 nitrogen and oxygen atoms in total. The number of benzene rings is 3. The minimum absolute atomic E-state index is 0.264. The first-order valence-electron chi connectivity index (χ1n) is 10.2. The highest BCUT2D eigenvalue weighted by atomic mass is 35.5. The number of nitrogens with zero attached hydrogens (tertiary/aromatic N) is 1. The van der Waals surface area contributed by atoms with E-state index in [-0.39, 0.29) is 17.5 Å². The van der Waals surface area contributed by atoms with Crippen molar-refractivity contribution in [3.63, 3.8) is 0 Å². The van der Waals surface area contributed by atoms with Crippen LogP contribution in [0.4, 0.5) is 11.4 Å². The first-order valence-corrected chi connectivity index (χ1v) is 10.6. The zero-order chi connectivity index (χ0) is 22.1. The number of carbonyl (C=O) groups excluding carboxylic acids is 2. The molecule has 0 unspecified atom stereocenters. The van der Waals surface area contributed by atoms with E-state index in [4.69, 9.17) is 11.6 Å². The zero-order valence-corrected chi connectivity index (χ0v) is 18.5. The molecule has 3 aromatic carbocycles. The van der Waals surface area contributed by atoms with Crippen LogP contribution in [0.25, 0.3) is 5.57 Å². The summed E-state index contributed by atoms with van der Waals surface area (Å²) >= 11 is 6.05. The second kappa shape index (κ2) is 8.40. The summed E-state index contributed by atoms with van der Waals surface area (Å²) in [4.78, 5) is 28.2. The van der Waals surface area contributed by atoms with Crippen molar-refractivity contribution in [3.8, 4) is 0 Å². The van der Waals surface area contributed by atoms with Crippen LogP contribution in [0.5, 0.6) is 0 Å². The minimum atomic E-state index is -0.375. The average molecular weight is 431 g/mol. The number of carbonyl (C=O) groups is 2. The average Bonchev–Trinajstić information content (AvgIpc) is 3.01. The van der Waals surface area contributed by atoms with E-state index in [0.717, 1.165) is 28.8 Å². The largest absolute Gasteiger partial charge is 0.350 e. The van der Waals surface area contributed by atoms with Crippen LogP contribution in [-0.4, -0.2) is 11.8 Å². The lowest BCUT2D eigenvalue weighted by Crippen LogP contribution is -2.32. The maximum Gasteiger partial charge on any atom is 0.282 e. The Balaban J connectivity index is 1.82. The van der Waals surface area contributed by atoms with Crippen LogP contribution in [0.2, 0.25) is 5.02 Å². The number of anilines is 2. The van der Waals surface area contributed by atoms with Crippen LogP contribution in [0, 0.1) is 13.8 Å². The Hall–Kier alpha value is -3.37. The van der Waals surface area contributed by atoms with Gasteiger partial charge in [-0.25, -0.2) is 4.90 Å². The number of imide groups is 1. The fraction of sp³-hybridized carbons (Fsp3) is 0.154. The lowest BCUT2D eigenvalue weighted by molar-refractivity contribution is -0.120. The Bertz CT molecular complexity index is 1200. The quantitative estimate of drug-likeness (QED) is 0.511. The maximum atomic E-state index is 13.5. The summed E-state index contributed by atoms with van der Waals surface area (Å²) in [7, 11) is 0. The molecule has 1 aliphatic rings. The minimum Gasteiger partial charge on any atom is -0.350 e. The van der Waals surface area contributed by atoms with Gasteiger partial charge in [-0.2, -0.15) is 0 Å². The van der Waals surface area contributed by atoms with E-state index in [1.807, 2.05) is 56.3 Å². The molecule has 4 rings (SSSR count). The van der Waals surface area contributed by atoms with E-state index < -0.39 is 0 Å². The molecule has 0 saturated heterocycles. The van der Waals surface area contributed by atoms with Gasteiger partial charge in [-0.1, -0.05) is 54.9 Å². The molecule has 0 radical (unpaired) electrons. The molecule has 3 aromatic rings. The normalized spacial score (nSPS) is 13.9. The molecule has 0 bridgehead atoms. The molecule has 1 heterocycles. The molecule has 0 fully saturated rings. The molecule has 31 heavy (non-hydrogen) atoms. The zero-order valence-electron chi connectivity index (χ0n) is 17.7. The van der Waals surface area contributed by atoms with Gasteiger partial charge >= 0.3 is 0 Å². The lowest BCUT2D eigenvalue weighted by Gasteiger charge is -2.16. The number of halogens is 1. The second-order valence-corrected chi connectivity index (χ2v) is 8.10. The third kappa shape index (κ3) is 3.99. The van der Waals surface area contributed by atoms with Gasteiger partial charge in [0.05, 0.1) is 11.3 Å². The first-order chi connectivity index (χ1) is 14.9. The number of amides is 2. The third-order valence-corrected chi connectivity index (χ3v) is 5.72. The summed E-state index contributed by atoms with van der Waals surface area (Å²) in [5, 5.41) is 3.82. The summed E-state index contributed by atoms with van der Waals surface area (Å²) < 4.78 is 0. The van der Waals surface area contributed by atoms with Gasteiger partial charge in [-0.3, -0.25) is 9.59 Å². The van der Waals surface area contributed by atoms with Crippen molar-refractivity contribution >= 4 is 40.4 Å². The molecule has 0 spiro atoms. The third-order valence-electron chi connectivity index (χ3n) is 5.47. The summed E-state index contributed by atoms with van der Waals surface area (Å²) in [6.45, 7) is 6.02.